The molecule has 0 aromatic carbocycles. The fourth-order valence-electron chi connectivity index (χ4n) is 1.49. The van der Waals surface area contributed by atoms with Crippen LogP contribution in [0.5, 0.6) is 0 Å². The number of aryl methyl sites for hydroxylation is 2. The summed E-state index contributed by atoms with van der Waals surface area (Å²) in [6, 6.07) is 1.91. The van der Waals surface area contributed by atoms with E-state index in [0.717, 1.165) is 23.9 Å². The van der Waals surface area contributed by atoms with Crippen LogP contribution in [0.4, 0.5) is 0 Å². The van der Waals surface area contributed by atoms with Crippen LogP contribution in [0.2, 0.25) is 0 Å². The lowest BCUT2D eigenvalue weighted by Gasteiger charge is -1.93. The minimum Gasteiger partial charge on any atom is -0.468 e. The SMILES string of the molecule is CCc1cc(-c2nnc(SCC(=O)OC)o2)nn1C. The molecule has 0 N–H and O–H groups in total. The second-order valence-corrected chi connectivity index (χ2v) is 4.66. The van der Waals surface area contributed by atoms with E-state index < -0.39 is 0 Å². The number of carbonyl (C=O) groups excluding carboxylic acids is 1. The van der Waals surface area contributed by atoms with E-state index in [-0.39, 0.29) is 11.7 Å². The molecule has 0 atom stereocenters. The molecule has 0 radical (unpaired) electrons. The second kappa shape index (κ2) is 5.87. The summed E-state index contributed by atoms with van der Waals surface area (Å²) in [4.78, 5) is 11.0. The summed E-state index contributed by atoms with van der Waals surface area (Å²) < 4.78 is 11.7. The van der Waals surface area contributed by atoms with Crippen LogP contribution in [0.1, 0.15) is 12.6 Å². The monoisotopic (exact) mass is 282 g/mol. The van der Waals surface area contributed by atoms with Crippen molar-refractivity contribution in [3.8, 4) is 11.6 Å². The first-order chi connectivity index (χ1) is 9.13. The molecular weight excluding hydrogens is 268 g/mol. The molecule has 0 saturated carbocycles. The number of esters is 1. The molecule has 0 aliphatic rings. The lowest BCUT2D eigenvalue weighted by molar-refractivity contribution is -0.137. The number of carbonyl (C=O) groups is 1. The fraction of sp³-hybridized carbons (Fsp3) is 0.455. The van der Waals surface area contributed by atoms with Crippen LogP contribution in [0.3, 0.4) is 0 Å². The lowest BCUT2D eigenvalue weighted by Crippen LogP contribution is -2.02. The molecule has 0 fully saturated rings. The molecule has 0 aliphatic carbocycles. The summed E-state index contributed by atoms with van der Waals surface area (Å²) in [6.45, 7) is 2.05. The van der Waals surface area contributed by atoms with E-state index in [0.29, 0.717) is 16.8 Å². The summed E-state index contributed by atoms with van der Waals surface area (Å²) in [5, 5.41) is 12.4. The average molecular weight is 282 g/mol. The maximum Gasteiger partial charge on any atom is 0.316 e. The number of rotatable bonds is 5. The molecule has 7 nitrogen and oxygen atoms in total. The van der Waals surface area contributed by atoms with Crippen molar-refractivity contribution < 1.29 is 13.9 Å². The summed E-state index contributed by atoms with van der Waals surface area (Å²) in [5.41, 5.74) is 1.72. The van der Waals surface area contributed by atoms with Crippen molar-refractivity contribution in [1.29, 1.82) is 0 Å². The third-order valence-corrected chi connectivity index (χ3v) is 3.30. The molecule has 2 heterocycles. The Morgan fingerprint density at radius 3 is 2.95 bits per heavy atom. The van der Waals surface area contributed by atoms with Gasteiger partial charge in [0.15, 0.2) is 0 Å². The Morgan fingerprint density at radius 2 is 2.32 bits per heavy atom. The van der Waals surface area contributed by atoms with Gasteiger partial charge >= 0.3 is 5.97 Å². The third kappa shape index (κ3) is 3.14. The Balaban J connectivity index is 2.09. The highest BCUT2D eigenvalue weighted by atomic mass is 32.2. The van der Waals surface area contributed by atoms with Gasteiger partial charge in [0.1, 0.15) is 11.4 Å². The Bertz CT molecular complexity index is 578. The predicted octanol–water partition coefficient (Wildman–Crippen LogP) is 1.30. The van der Waals surface area contributed by atoms with Gasteiger partial charge in [0.25, 0.3) is 11.1 Å². The van der Waals surface area contributed by atoms with Gasteiger partial charge in [0.2, 0.25) is 0 Å². The minimum atomic E-state index is -0.337. The van der Waals surface area contributed by atoms with Gasteiger partial charge in [0.05, 0.1) is 7.11 Å². The average Bonchev–Trinajstić information content (AvgIpc) is 3.02. The summed E-state index contributed by atoms with van der Waals surface area (Å²) in [5.74, 6) is 0.152. The molecule has 19 heavy (non-hydrogen) atoms. The molecule has 2 aromatic heterocycles. The Kier molecular flexibility index (Phi) is 4.20. The van der Waals surface area contributed by atoms with Gasteiger partial charge in [0, 0.05) is 12.7 Å². The van der Waals surface area contributed by atoms with E-state index in [1.165, 1.54) is 7.11 Å². The van der Waals surface area contributed by atoms with E-state index in [2.05, 4.69) is 20.0 Å². The Morgan fingerprint density at radius 1 is 1.53 bits per heavy atom. The first-order valence-corrected chi connectivity index (χ1v) is 6.69. The van der Waals surface area contributed by atoms with Crippen LogP contribution in [0.25, 0.3) is 11.6 Å². The van der Waals surface area contributed by atoms with Gasteiger partial charge in [-0.3, -0.25) is 9.48 Å². The van der Waals surface area contributed by atoms with E-state index in [4.69, 9.17) is 4.42 Å². The molecule has 2 rings (SSSR count). The number of hydrogen-bond acceptors (Lipinski definition) is 7. The smallest absolute Gasteiger partial charge is 0.316 e. The lowest BCUT2D eigenvalue weighted by atomic mass is 10.3. The van der Waals surface area contributed by atoms with Gasteiger partial charge in [-0.25, -0.2) is 0 Å². The maximum atomic E-state index is 11.0. The van der Waals surface area contributed by atoms with Crippen molar-refractivity contribution >= 4 is 17.7 Å². The van der Waals surface area contributed by atoms with Crippen molar-refractivity contribution in [3.63, 3.8) is 0 Å². The summed E-state index contributed by atoms with van der Waals surface area (Å²) in [6.07, 6.45) is 0.877. The molecular formula is C11H14N4O3S. The molecule has 102 valence electrons. The molecule has 2 aromatic rings. The molecule has 8 heteroatoms. The van der Waals surface area contributed by atoms with Crippen molar-refractivity contribution in [1.82, 2.24) is 20.0 Å². The summed E-state index contributed by atoms with van der Waals surface area (Å²) >= 11 is 1.14. The van der Waals surface area contributed by atoms with Crippen LogP contribution in [-0.4, -0.2) is 38.8 Å². The van der Waals surface area contributed by atoms with Crippen molar-refractivity contribution in [2.24, 2.45) is 7.05 Å². The maximum absolute atomic E-state index is 11.0. The van der Waals surface area contributed by atoms with E-state index in [9.17, 15) is 4.79 Å². The molecule has 0 amide bonds. The Labute approximate surface area is 114 Å². The molecule has 0 bridgehead atoms. The van der Waals surface area contributed by atoms with E-state index >= 15 is 0 Å². The number of methoxy groups -OCH3 is 1. The molecule has 0 spiro atoms. The van der Waals surface area contributed by atoms with Gasteiger partial charge in [-0.2, -0.15) is 5.10 Å². The summed E-state index contributed by atoms with van der Waals surface area (Å²) in [7, 11) is 3.20. The molecule has 0 unspecified atom stereocenters. The van der Waals surface area contributed by atoms with Gasteiger partial charge < -0.3 is 9.15 Å². The predicted molar refractivity (Wildman–Crippen MR) is 68.6 cm³/mol. The van der Waals surface area contributed by atoms with E-state index in [1.54, 1.807) is 4.68 Å². The fourth-order valence-corrected chi connectivity index (χ4v) is 2.09. The van der Waals surface area contributed by atoms with Crippen LogP contribution in [0, 0.1) is 0 Å². The van der Waals surface area contributed by atoms with Gasteiger partial charge in [-0.1, -0.05) is 18.7 Å². The zero-order valence-electron chi connectivity index (χ0n) is 10.9. The molecule has 0 saturated heterocycles. The van der Waals surface area contributed by atoms with Crippen LogP contribution in [-0.2, 0) is 23.0 Å². The standard InChI is InChI=1S/C11H14N4O3S/c1-4-7-5-8(14-15(7)2)10-12-13-11(18-10)19-6-9(16)17-3/h5H,4,6H2,1-3H3. The van der Waals surface area contributed by atoms with Crippen molar-refractivity contribution in [2.75, 3.05) is 12.9 Å². The van der Waals surface area contributed by atoms with E-state index in [1.807, 2.05) is 20.0 Å². The highest BCUT2D eigenvalue weighted by Gasteiger charge is 2.14. The number of ether oxygens (including phenoxy) is 1. The first kappa shape index (κ1) is 13.6. The zero-order chi connectivity index (χ0) is 13.8. The highest BCUT2D eigenvalue weighted by Crippen LogP contribution is 2.22. The number of hydrogen-bond donors (Lipinski definition) is 0. The second-order valence-electron chi connectivity index (χ2n) is 3.74. The van der Waals surface area contributed by atoms with Crippen molar-refractivity contribution in [3.05, 3.63) is 11.8 Å². The van der Waals surface area contributed by atoms with Gasteiger partial charge in [-0.05, 0) is 12.5 Å². The highest BCUT2D eigenvalue weighted by molar-refractivity contribution is 7.99. The van der Waals surface area contributed by atoms with Gasteiger partial charge in [-0.15, -0.1) is 10.2 Å². The number of thioether (sulfide) groups is 1. The van der Waals surface area contributed by atoms with Crippen molar-refractivity contribution in [2.45, 2.75) is 18.6 Å². The van der Waals surface area contributed by atoms with Crippen LogP contribution >= 0.6 is 11.8 Å². The largest absolute Gasteiger partial charge is 0.468 e. The minimum absolute atomic E-state index is 0.139. The quantitative estimate of drug-likeness (QED) is 0.603. The normalized spacial score (nSPS) is 10.7. The van der Waals surface area contributed by atoms with Crippen LogP contribution < -0.4 is 0 Å². The topological polar surface area (TPSA) is 83.0 Å². The Hall–Kier alpha value is -1.83. The first-order valence-electron chi connectivity index (χ1n) is 5.70. The zero-order valence-corrected chi connectivity index (χ0v) is 11.7. The molecule has 0 aliphatic heterocycles. The number of nitrogens with zero attached hydrogens (tertiary/aromatic N) is 4. The number of aromatic nitrogens is 4. The third-order valence-electron chi connectivity index (χ3n) is 2.51. The van der Waals surface area contributed by atoms with Crippen LogP contribution in [0.15, 0.2) is 15.7 Å².